The van der Waals surface area contributed by atoms with Crippen molar-refractivity contribution in [2.24, 2.45) is 5.73 Å². The highest BCUT2D eigenvalue weighted by atomic mass is 32.2. The van der Waals surface area contributed by atoms with Crippen molar-refractivity contribution in [3.63, 3.8) is 0 Å². The van der Waals surface area contributed by atoms with Gasteiger partial charge >= 0.3 is 0 Å². The fourth-order valence-electron chi connectivity index (χ4n) is 1.67. The Morgan fingerprint density at radius 2 is 1.76 bits per heavy atom. The topological polar surface area (TPSA) is 101 Å². The number of carbonyl (C=O) groups excluding carboxylic acids is 1. The molecule has 0 aromatic heterocycles. The Bertz CT molecular complexity index is 541. The van der Waals surface area contributed by atoms with Gasteiger partial charge < -0.3 is 11.1 Å². The minimum absolute atomic E-state index is 0.100. The van der Waals surface area contributed by atoms with Crippen molar-refractivity contribution in [1.29, 1.82) is 0 Å². The van der Waals surface area contributed by atoms with Crippen molar-refractivity contribution in [3.05, 3.63) is 24.3 Å². The smallest absolute Gasteiger partial charge is 0.232 e. The molecule has 118 valence electrons. The van der Waals surface area contributed by atoms with Crippen LogP contribution in [-0.2, 0) is 14.8 Å². The molecule has 0 spiro atoms. The summed E-state index contributed by atoms with van der Waals surface area (Å²) < 4.78 is 26.0. The van der Waals surface area contributed by atoms with Gasteiger partial charge in [-0.1, -0.05) is 13.3 Å². The lowest BCUT2D eigenvalue weighted by atomic mass is 10.2. The van der Waals surface area contributed by atoms with Crippen LogP contribution in [-0.4, -0.2) is 26.6 Å². The summed E-state index contributed by atoms with van der Waals surface area (Å²) in [6.45, 7) is 2.42. The van der Waals surface area contributed by atoms with Crippen molar-refractivity contribution in [1.82, 2.24) is 0 Å². The molecule has 0 radical (unpaired) electrons. The molecule has 0 saturated heterocycles. The molecule has 4 N–H and O–H groups in total. The fraction of sp³-hybridized carbons (Fsp3) is 0.500. The molecular weight excluding hydrogens is 290 g/mol. The average Bonchev–Trinajstić information content (AvgIpc) is 2.45. The molecule has 0 aliphatic rings. The van der Waals surface area contributed by atoms with E-state index in [1.807, 2.05) is 6.92 Å². The Kier molecular flexibility index (Phi) is 7.18. The van der Waals surface area contributed by atoms with Gasteiger partial charge in [-0.05, 0) is 43.7 Å². The predicted octanol–water partition coefficient (Wildman–Crippen LogP) is 1.91. The van der Waals surface area contributed by atoms with Gasteiger partial charge in [0.2, 0.25) is 15.9 Å². The molecule has 0 atom stereocenters. The highest BCUT2D eigenvalue weighted by molar-refractivity contribution is 7.92. The maximum atomic E-state index is 11.7. The summed E-state index contributed by atoms with van der Waals surface area (Å²) in [4.78, 5) is 11.5. The van der Waals surface area contributed by atoms with E-state index < -0.39 is 10.0 Å². The van der Waals surface area contributed by atoms with Crippen LogP contribution >= 0.6 is 0 Å². The van der Waals surface area contributed by atoms with Crippen molar-refractivity contribution in [2.45, 2.75) is 32.6 Å². The van der Waals surface area contributed by atoms with Gasteiger partial charge in [-0.15, -0.1) is 0 Å². The van der Waals surface area contributed by atoms with Crippen LogP contribution in [0, 0.1) is 0 Å². The Labute approximate surface area is 126 Å². The third-order valence-electron chi connectivity index (χ3n) is 2.82. The van der Waals surface area contributed by atoms with Gasteiger partial charge in [0, 0.05) is 17.8 Å². The second-order valence-electron chi connectivity index (χ2n) is 4.79. The zero-order chi connectivity index (χ0) is 15.7. The Morgan fingerprint density at radius 3 is 2.33 bits per heavy atom. The molecule has 21 heavy (non-hydrogen) atoms. The van der Waals surface area contributed by atoms with Crippen LogP contribution in [0.2, 0.25) is 0 Å². The molecule has 0 heterocycles. The number of rotatable bonds is 9. The van der Waals surface area contributed by atoms with Crippen molar-refractivity contribution < 1.29 is 13.2 Å². The second-order valence-corrected chi connectivity index (χ2v) is 6.63. The number of nitrogens with two attached hydrogens (primary N) is 1. The van der Waals surface area contributed by atoms with Gasteiger partial charge in [0.1, 0.15) is 0 Å². The summed E-state index contributed by atoms with van der Waals surface area (Å²) in [6, 6.07) is 6.58. The number of sulfonamides is 1. The third kappa shape index (κ3) is 7.10. The summed E-state index contributed by atoms with van der Waals surface area (Å²) in [5.74, 6) is 0.0119. The lowest BCUT2D eigenvalue weighted by Gasteiger charge is -2.09. The van der Waals surface area contributed by atoms with Crippen molar-refractivity contribution >= 4 is 27.3 Å². The van der Waals surface area contributed by atoms with Gasteiger partial charge in [0.15, 0.2) is 0 Å². The van der Waals surface area contributed by atoms with E-state index in [1.54, 1.807) is 24.3 Å². The summed E-state index contributed by atoms with van der Waals surface area (Å²) in [5.41, 5.74) is 6.46. The molecule has 0 aliphatic heterocycles. The molecule has 0 aliphatic carbocycles. The molecule has 0 bridgehead atoms. The zero-order valence-electron chi connectivity index (χ0n) is 12.3. The average molecular weight is 313 g/mol. The minimum Gasteiger partial charge on any atom is -0.330 e. The lowest BCUT2D eigenvalue weighted by molar-refractivity contribution is -0.116. The van der Waals surface area contributed by atoms with Crippen LogP contribution in [0.15, 0.2) is 24.3 Å². The first kappa shape index (κ1) is 17.5. The number of nitrogens with one attached hydrogen (secondary N) is 2. The summed E-state index contributed by atoms with van der Waals surface area (Å²) >= 11 is 0. The third-order valence-corrected chi connectivity index (χ3v) is 4.19. The van der Waals surface area contributed by atoms with Gasteiger partial charge in [-0.3, -0.25) is 9.52 Å². The Morgan fingerprint density at radius 1 is 1.14 bits per heavy atom. The molecule has 7 heteroatoms. The van der Waals surface area contributed by atoms with Crippen LogP contribution in [0.3, 0.4) is 0 Å². The monoisotopic (exact) mass is 313 g/mol. The molecule has 1 amide bonds. The summed E-state index contributed by atoms with van der Waals surface area (Å²) in [7, 11) is -3.30. The first-order valence-electron chi connectivity index (χ1n) is 7.07. The summed E-state index contributed by atoms with van der Waals surface area (Å²) in [5, 5.41) is 2.73. The maximum Gasteiger partial charge on any atom is 0.232 e. The first-order chi connectivity index (χ1) is 9.96. The molecule has 1 aromatic rings. The van der Waals surface area contributed by atoms with E-state index in [9.17, 15) is 13.2 Å². The second kappa shape index (κ2) is 8.63. The number of amides is 1. The molecular formula is C14H23N3O3S. The fourth-order valence-corrected chi connectivity index (χ4v) is 2.94. The number of unbranched alkanes of at least 4 members (excludes halogenated alkanes) is 1. The molecule has 0 fully saturated rings. The first-order valence-corrected chi connectivity index (χ1v) is 8.72. The van der Waals surface area contributed by atoms with Crippen molar-refractivity contribution in [3.8, 4) is 0 Å². The molecule has 1 aromatic carbocycles. The van der Waals surface area contributed by atoms with Crippen LogP contribution < -0.4 is 15.8 Å². The molecule has 0 saturated carbocycles. The van der Waals surface area contributed by atoms with E-state index in [-0.39, 0.29) is 11.7 Å². The van der Waals surface area contributed by atoms with E-state index in [0.29, 0.717) is 37.2 Å². The number of anilines is 2. The quantitative estimate of drug-likeness (QED) is 0.648. The van der Waals surface area contributed by atoms with Gasteiger partial charge in [-0.2, -0.15) is 0 Å². The number of benzene rings is 1. The van der Waals surface area contributed by atoms with Crippen LogP contribution in [0.25, 0.3) is 0 Å². The number of hydrogen-bond acceptors (Lipinski definition) is 4. The minimum atomic E-state index is -3.30. The van der Waals surface area contributed by atoms with Crippen LogP contribution in [0.5, 0.6) is 0 Å². The normalized spacial score (nSPS) is 11.1. The van der Waals surface area contributed by atoms with E-state index in [2.05, 4.69) is 10.0 Å². The van der Waals surface area contributed by atoms with E-state index in [0.717, 1.165) is 6.42 Å². The van der Waals surface area contributed by atoms with Gasteiger partial charge in [0.25, 0.3) is 0 Å². The largest absolute Gasteiger partial charge is 0.330 e. The molecule has 1 rings (SSSR count). The highest BCUT2D eigenvalue weighted by Gasteiger charge is 2.09. The number of carbonyl (C=O) groups is 1. The Balaban J connectivity index is 2.56. The van der Waals surface area contributed by atoms with Crippen LogP contribution in [0.1, 0.15) is 32.6 Å². The van der Waals surface area contributed by atoms with Gasteiger partial charge in [-0.25, -0.2) is 8.42 Å². The number of hydrogen-bond donors (Lipinski definition) is 3. The predicted molar refractivity (Wildman–Crippen MR) is 85.7 cm³/mol. The maximum absolute atomic E-state index is 11.7. The standard InChI is InChI=1S/C14H23N3O3S/c1-2-3-11-21(19,20)17-13-8-6-12(7-9-13)16-14(18)5-4-10-15/h6-9,17H,2-5,10-11,15H2,1H3,(H,16,18). The van der Waals surface area contributed by atoms with Gasteiger partial charge in [0.05, 0.1) is 5.75 Å². The SMILES string of the molecule is CCCCS(=O)(=O)Nc1ccc(NC(=O)CCCN)cc1. The molecule has 6 nitrogen and oxygen atoms in total. The van der Waals surface area contributed by atoms with E-state index in [1.165, 1.54) is 0 Å². The summed E-state index contributed by atoms with van der Waals surface area (Å²) in [6.07, 6.45) is 2.47. The Hall–Kier alpha value is -1.60. The van der Waals surface area contributed by atoms with Crippen LogP contribution in [0.4, 0.5) is 11.4 Å². The highest BCUT2D eigenvalue weighted by Crippen LogP contribution is 2.15. The zero-order valence-corrected chi connectivity index (χ0v) is 13.1. The lowest BCUT2D eigenvalue weighted by Crippen LogP contribution is -2.16. The molecule has 0 unspecified atom stereocenters. The van der Waals surface area contributed by atoms with E-state index >= 15 is 0 Å². The van der Waals surface area contributed by atoms with Crippen molar-refractivity contribution in [2.75, 3.05) is 22.3 Å². The van der Waals surface area contributed by atoms with E-state index in [4.69, 9.17) is 5.73 Å².